The number of rotatable bonds is 3. The Morgan fingerprint density at radius 1 is 0.882 bits per heavy atom. The van der Waals surface area contributed by atoms with Crippen LogP contribution in [0, 0.1) is 0 Å². The molecule has 0 aromatic rings. The van der Waals surface area contributed by atoms with E-state index in [1.54, 1.807) is 0 Å². The molecule has 3 N–H and O–H groups in total. The van der Waals surface area contributed by atoms with Crippen molar-refractivity contribution in [1.82, 2.24) is 19.6 Å². The highest BCUT2D eigenvalue weighted by molar-refractivity contribution is 5.84. The number of hydrogen-bond acceptors (Lipinski definition) is 5. The second kappa shape index (κ2) is 4.02. The quantitative estimate of drug-likeness (QED) is 0.514. The molecule has 0 aliphatic carbocycles. The zero-order valence-corrected chi connectivity index (χ0v) is 9.22. The minimum absolute atomic E-state index is 0.466. The van der Waals surface area contributed by atoms with Crippen molar-refractivity contribution in [3.8, 4) is 0 Å². The first kappa shape index (κ1) is 11.9. The Hall–Kier alpha value is -1.58. The number of nitrogens with zero attached hydrogens (tertiary/aromatic N) is 4. The van der Waals surface area contributed by atoms with Gasteiger partial charge in [0.2, 0.25) is 0 Å². The molecule has 96 valence electrons. The van der Waals surface area contributed by atoms with Gasteiger partial charge in [0.25, 0.3) is 0 Å². The van der Waals surface area contributed by atoms with Crippen molar-refractivity contribution < 1.29 is 24.9 Å². The first-order valence-electron chi connectivity index (χ1n) is 5.01. The van der Waals surface area contributed by atoms with Crippen molar-refractivity contribution >= 4 is 12.1 Å². The molecule has 2 atom stereocenters. The van der Waals surface area contributed by atoms with Crippen LogP contribution in [-0.2, 0) is 0 Å². The van der Waals surface area contributed by atoms with Crippen LogP contribution in [0.15, 0.2) is 0 Å². The van der Waals surface area contributed by atoms with E-state index in [2.05, 4.69) is 0 Å². The van der Waals surface area contributed by atoms with Crippen molar-refractivity contribution in [2.24, 2.45) is 0 Å². The highest BCUT2D eigenvalue weighted by atomic mass is 16.3. The molecule has 0 aromatic heterocycles. The number of likely N-dealkylation sites (N-methyl/N-ethyl adjacent to an activating group) is 1. The van der Waals surface area contributed by atoms with Gasteiger partial charge in [0.05, 0.1) is 0 Å². The van der Waals surface area contributed by atoms with Gasteiger partial charge in [0, 0.05) is 7.05 Å². The Balaban J connectivity index is 2.39. The summed E-state index contributed by atoms with van der Waals surface area (Å²) in [6, 6.07) is -1.05. The molecule has 0 saturated carbocycles. The number of amides is 4. The van der Waals surface area contributed by atoms with Crippen molar-refractivity contribution in [1.29, 1.82) is 0 Å². The largest absolute Gasteiger partial charge is 0.376 e. The van der Waals surface area contributed by atoms with Crippen LogP contribution in [0.4, 0.5) is 9.59 Å². The average molecular weight is 246 g/mol. The smallest absolute Gasteiger partial charge is 0.327 e. The summed E-state index contributed by atoms with van der Waals surface area (Å²) in [6.07, 6.45) is -1.50. The van der Waals surface area contributed by atoms with Gasteiger partial charge in [-0.3, -0.25) is 14.7 Å². The molecule has 9 heteroatoms. The van der Waals surface area contributed by atoms with Gasteiger partial charge in [-0.15, -0.1) is 0 Å². The third kappa shape index (κ3) is 1.36. The number of fused-ring (bicyclic) bond motifs is 1. The summed E-state index contributed by atoms with van der Waals surface area (Å²) in [6.45, 7) is -1.71. The Morgan fingerprint density at radius 3 is 1.76 bits per heavy atom. The average Bonchev–Trinajstić information content (AvgIpc) is 2.73. The fourth-order valence-corrected chi connectivity index (χ4v) is 2.31. The SMILES string of the molecule is CN1C(=O)N(CO)[C@@H]2[C@@H]1N(CO)C(=O)N2CO. The number of carbonyl (C=O) groups is 2. The van der Waals surface area contributed by atoms with Crippen LogP contribution >= 0.6 is 0 Å². The van der Waals surface area contributed by atoms with Gasteiger partial charge in [-0.05, 0) is 0 Å². The molecule has 0 aromatic carbocycles. The van der Waals surface area contributed by atoms with Crippen LogP contribution < -0.4 is 0 Å². The summed E-state index contributed by atoms with van der Waals surface area (Å²) in [5, 5.41) is 27.4. The lowest BCUT2D eigenvalue weighted by Crippen LogP contribution is -2.47. The van der Waals surface area contributed by atoms with E-state index in [-0.39, 0.29) is 0 Å². The van der Waals surface area contributed by atoms with E-state index >= 15 is 0 Å². The van der Waals surface area contributed by atoms with Crippen LogP contribution in [-0.4, -0.2) is 86.6 Å². The Labute approximate surface area is 97.0 Å². The molecular formula is C8H14N4O5. The molecule has 0 bridgehead atoms. The summed E-state index contributed by atoms with van der Waals surface area (Å²) in [5.74, 6) is 0. The first-order valence-corrected chi connectivity index (χ1v) is 5.01. The van der Waals surface area contributed by atoms with E-state index in [0.717, 1.165) is 14.7 Å². The van der Waals surface area contributed by atoms with Crippen molar-refractivity contribution in [3.63, 3.8) is 0 Å². The number of carbonyl (C=O) groups excluding carboxylic acids is 2. The molecule has 2 saturated heterocycles. The predicted octanol–water partition coefficient (Wildman–Crippen LogP) is -2.41. The maximum Gasteiger partial charge on any atom is 0.327 e. The lowest BCUT2D eigenvalue weighted by Gasteiger charge is -2.25. The van der Waals surface area contributed by atoms with Crippen LogP contribution in [0.5, 0.6) is 0 Å². The topological polar surface area (TPSA) is 108 Å². The highest BCUT2D eigenvalue weighted by Gasteiger charge is 2.57. The minimum Gasteiger partial charge on any atom is -0.376 e. The van der Waals surface area contributed by atoms with Crippen molar-refractivity contribution in [2.45, 2.75) is 12.3 Å². The van der Waals surface area contributed by atoms with Crippen molar-refractivity contribution in [3.05, 3.63) is 0 Å². The summed E-state index contributed by atoms with van der Waals surface area (Å²) in [7, 11) is 1.46. The molecule has 9 nitrogen and oxygen atoms in total. The van der Waals surface area contributed by atoms with E-state index in [0.29, 0.717) is 0 Å². The highest BCUT2D eigenvalue weighted by Crippen LogP contribution is 2.32. The van der Waals surface area contributed by atoms with Crippen molar-refractivity contribution in [2.75, 3.05) is 27.2 Å². The second-order valence-electron chi connectivity index (χ2n) is 3.84. The van der Waals surface area contributed by atoms with E-state index in [9.17, 15) is 9.59 Å². The van der Waals surface area contributed by atoms with Gasteiger partial charge < -0.3 is 20.2 Å². The summed E-state index contributed by atoms with van der Waals surface area (Å²) in [5.41, 5.74) is 0. The zero-order chi connectivity index (χ0) is 12.7. The lowest BCUT2D eigenvalue weighted by atomic mass is 10.3. The molecule has 17 heavy (non-hydrogen) atoms. The fourth-order valence-electron chi connectivity index (χ4n) is 2.31. The monoisotopic (exact) mass is 246 g/mol. The summed E-state index contributed by atoms with van der Waals surface area (Å²) in [4.78, 5) is 27.9. The van der Waals surface area contributed by atoms with Crippen LogP contribution in [0.2, 0.25) is 0 Å². The van der Waals surface area contributed by atoms with Gasteiger partial charge in [-0.1, -0.05) is 0 Å². The predicted molar refractivity (Wildman–Crippen MR) is 52.9 cm³/mol. The van der Waals surface area contributed by atoms with Crippen LogP contribution in [0.1, 0.15) is 0 Å². The molecule has 2 aliphatic heterocycles. The summed E-state index contributed by atoms with van der Waals surface area (Å²) < 4.78 is 0. The number of hydrogen-bond donors (Lipinski definition) is 3. The molecule has 4 amide bonds. The maximum atomic E-state index is 11.8. The number of urea groups is 2. The Bertz CT molecular complexity index is 349. The van der Waals surface area contributed by atoms with Gasteiger partial charge in [-0.25, -0.2) is 9.59 Å². The standard InChI is InChI=1S/C8H14N4O5/c1-9-5-6(11(3-14)7(9)16)12(4-15)8(17)10(5)2-13/h5-6,13-15H,2-4H2,1H3/t5-,6-/m0/s1. The zero-order valence-electron chi connectivity index (χ0n) is 9.22. The molecule has 2 fully saturated rings. The molecule has 0 unspecified atom stereocenters. The molecular weight excluding hydrogens is 232 g/mol. The molecule has 0 radical (unpaired) electrons. The normalized spacial score (nSPS) is 28.5. The van der Waals surface area contributed by atoms with Crippen LogP contribution in [0.3, 0.4) is 0 Å². The van der Waals surface area contributed by atoms with Crippen LogP contribution in [0.25, 0.3) is 0 Å². The number of aliphatic hydroxyl groups excluding tert-OH is 3. The van der Waals surface area contributed by atoms with E-state index in [1.165, 1.54) is 11.9 Å². The fraction of sp³-hybridized carbons (Fsp3) is 0.750. The third-order valence-corrected chi connectivity index (χ3v) is 3.12. The number of aliphatic hydroxyl groups is 3. The van der Waals surface area contributed by atoms with E-state index < -0.39 is 44.6 Å². The maximum absolute atomic E-state index is 11.8. The van der Waals surface area contributed by atoms with Gasteiger partial charge in [-0.2, -0.15) is 0 Å². The first-order chi connectivity index (χ1) is 8.08. The molecule has 2 rings (SSSR count). The molecule has 0 spiro atoms. The minimum atomic E-state index is -0.790. The Kier molecular flexibility index (Phi) is 2.81. The van der Waals surface area contributed by atoms with Gasteiger partial charge >= 0.3 is 12.1 Å². The second-order valence-corrected chi connectivity index (χ2v) is 3.84. The van der Waals surface area contributed by atoms with E-state index in [1.807, 2.05) is 0 Å². The molecule has 2 heterocycles. The molecule has 2 aliphatic rings. The van der Waals surface area contributed by atoms with Gasteiger partial charge in [0.15, 0.2) is 12.3 Å². The lowest BCUT2D eigenvalue weighted by molar-refractivity contribution is 0.0238. The van der Waals surface area contributed by atoms with Gasteiger partial charge in [0.1, 0.15) is 20.2 Å². The Morgan fingerprint density at radius 2 is 1.29 bits per heavy atom. The summed E-state index contributed by atoms with van der Waals surface area (Å²) >= 11 is 0. The third-order valence-electron chi connectivity index (χ3n) is 3.12. The van der Waals surface area contributed by atoms with E-state index in [4.69, 9.17) is 15.3 Å².